The van der Waals surface area contributed by atoms with Crippen molar-refractivity contribution in [3.63, 3.8) is 0 Å². The monoisotopic (exact) mass is 281 g/mol. The Labute approximate surface area is 120 Å². The molecule has 0 spiro atoms. The van der Waals surface area contributed by atoms with E-state index in [0.29, 0.717) is 11.3 Å². The van der Waals surface area contributed by atoms with E-state index in [4.69, 9.17) is 9.47 Å². The molecule has 0 bridgehead atoms. The van der Waals surface area contributed by atoms with E-state index in [9.17, 15) is 0 Å². The Hall–Kier alpha value is -0.870. The Morgan fingerprint density at radius 2 is 1.95 bits per heavy atom. The molecule has 0 radical (unpaired) electrons. The van der Waals surface area contributed by atoms with E-state index in [2.05, 4.69) is 36.1 Å². The summed E-state index contributed by atoms with van der Waals surface area (Å²) in [7, 11) is 3.40. The lowest BCUT2D eigenvalue weighted by atomic mass is 10.00. The topological polar surface area (TPSA) is 30.5 Å². The highest BCUT2D eigenvalue weighted by molar-refractivity contribution is 8.00. The molecule has 1 heterocycles. The van der Waals surface area contributed by atoms with Gasteiger partial charge in [0.2, 0.25) is 0 Å². The van der Waals surface area contributed by atoms with Crippen LogP contribution < -0.4 is 14.8 Å². The summed E-state index contributed by atoms with van der Waals surface area (Å²) in [5.74, 6) is 2.99. The molecule has 0 aliphatic carbocycles. The van der Waals surface area contributed by atoms with Crippen LogP contribution in [0.4, 0.5) is 0 Å². The number of hydrogen-bond acceptors (Lipinski definition) is 4. The second-order valence-corrected chi connectivity index (χ2v) is 6.08. The molecule has 1 aromatic carbocycles. The molecular weight excluding hydrogens is 258 g/mol. The average molecular weight is 281 g/mol. The van der Waals surface area contributed by atoms with Gasteiger partial charge in [-0.1, -0.05) is 6.92 Å². The highest BCUT2D eigenvalue weighted by Crippen LogP contribution is 2.38. The lowest BCUT2D eigenvalue weighted by molar-refractivity contribution is 0.391. The zero-order valence-corrected chi connectivity index (χ0v) is 12.8. The molecule has 2 rings (SSSR count). The van der Waals surface area contributed by atoms with Crippen LogP contribution in [-0.2, 0) is 0 Å². The van der Waals surface area contributed by atoms with Crippen LogP contribution in [0.1, 0.15) is 31.4 Å². The maximum absolute atomic E-state index is 5.37. The number of nitrogens with one attached hydrogen (secondary N) is 1. The molecule has 0 amide bonds. The van der Waals surface area contributed by atoms with Gasteiger partial charge in [0.15, 0.2) is 0 Å². The van der Waals surface area contributed by atoms with Gasteiger partial charge in [0, 0.05) is 17.4 Å². The second-order valence-electron chi connectivity index (χ2n) is 4.73. The van der Waals surface area contributed by atoms with Gasteiger partial charge in [-0.2, -0.15) is 11.8 Å². The zero-order valence-electron chi connectivity index (χ0n) is 11.9. The highest BCUT2D eigenvalue weighted by atomic mass is 32.2. The van der Waals surface area contributed by atoms with Gasteiger partial charge in [0.1, 0.15) is 11.5 Å². The van der Waals surface area contributed by atoms with E-state index in [0.717, 1.165) is 18.0 Å². The summed E-state index contributed by atoms with van der Waals surface area (Å²) in [5.41, 5.74) is 1.26. The first-order valence-corrected chi connectivity index (χ1v) is 7.91. The molecule has 1 saturated heterocycles. The standard InChI is InChI=1S/C15H23NO2S/c1-4-16-15(14-6-5-7-19-14)11-8-12(17-2)10-13(9-11)18-3/h8-10,14-16H,4-7H2,1-3H3. The maximum atomic E-state index is 5.37. The van der Waals surface area contributed by atoms with Crippen molar-refractivity contribution in [1.29, 1.82) is 0 Å². The van der Waals surface area contributed by atoms with Crippen molar-refractivity contribution >= 4 is 11.8 Å². The zero-order chi connectivity index (χ0) is 13.7. The van der Waals surface area contributed by atoms with Crippen molar-refractivity contribution < 1.29 is 9.47 Å². The first-order valence-electron chi connectivity index (χ1n) is 6.86. The molecule has 1 N–H and O–H groups in total. The summed E-state index contributed by atoms with van der Waals surface area (Å²) >= 11 is 2.07. The van der Waals surface area contributed by atoms with Crippen LogP contribution in [-0.4, -0.2) is 31.8 Å². The second kappa shape index (κ2) is 7.06. The van der Waals surface area contributed by atoms with Crippen molar-refractivity contribution in [2.24, 2.45) is 0 Å². The van der Waals surface area contributed by atoms with Gasteiger partial charge in [0.25, 0.3) is 0 Å². The molecule has 3 nitrogen and oxygen atoms in total. The molecule has 2 atom stereocenters. The molecule has 19 heavy (non-hydrogen) atoms. The van der Waals surface area contributed by atoms with E-state index in [1.807, 2.05) is 6.07 Å². The first kappa shape index (κ1) is 14.5. The predicted octanol–water partition coefficient (Wildman–Crippen LogP) is 3.25. The predicted molar refractivity (Wildman–Crippen MR) is 81.4 cm³/mol. The quantitative estimate of drug-likeness (QED) is 0.867. The van der Waals surface area contributed by atoms with Crippen LogP contribution in [0.5, 0.6) is 11.5 Å². The number of ether oxygens (including phenoxy) is 2. The fraction of sp³-hybridized carbons (Fsp3) is 0.600. The Balaban J connectivity index is 2.28. The number of benzene rings is 1. The summed E-state index contributed by atoms with van der Waals surface area (Å²) in [6.07, 6.45) is 2.60. The Bertz CT molecular complexity index is 383. The molecule has 0 aromatic heterocycles. The molecule has 1 aliphatic rings. The minimum absolute atomic E-state index is 0.376. The van der Waals surface area contributed by atoms with Crippen molar-refractivity contribution in [3.05, 3.63) is 23.8 Å². The third-order valence-electron chi connectivity index (χ3n) is 3.49. The summed E-state index contributed by atoms with van der Waals surface area (Å²) in [4.78, 5) is 0. The molecule has 1 aromatic rings. The Morgan fingerprint density at radius 1 is 1.26 bits per heavy atom. The fourth-order valence-corrected chi connectivity index (χ4v) is 3.97. The number of rotatable bonds is 6. The van der Waals surface area contributed by atoms with Crippen molar-refractivity contribution in [1.82, 2.24) is 5.32 Å². The van der Waals surface area contributed by atoms with Gasteiger partial charge in [-0.15, -0.1) is 0 Å². The normalized spacial score (nSPS) is 20.3. The fourth-order valence-electron chi connectivity index (χ4n) is 2.56. The van der Waals surface area contributed by atoms with E-state index in [1.54, 1.807) is 14.2 Å². The summed E-state index contributed by atoms with van der Waals surface area (Å²) < 4.78 is 10.7. The molecular formula is C15H23NO2S. The first-order chi connectivity index (χ1) is 9.28. The number of methoxy groups -OCH3 is 2. The molecule has 4 heteroatoms. The van der Waals surface area contributed by atoms with Crippen LogP contribution in [0.15, 0.2) is 18.2 Å². The summed E-state index contributed by atoms with van der Waals surface area (Å²) in [6.45, 7) is 3.13. The molecule has 2 unspecified atom stereocenters. The lowest BCUT2D eigenvalue weighted by Gasteiger charge is -2.25. The Morgan fingerprint density at radius 3 is 2.42 bits per heavy atom. The van der Waals surface area contributed by atoms with Crippen molar-refractivity contribution in [3.8, 4) is 11.5 Å². The molecule has 106 valence electrons. The SMILES string of the molecule is CCNC(c1cc(OC)cc(OC)c1)C1CCCS1. The van der Waals surface area contributed by atoms with Crippen molar-refractivity contribution in [2.75, 3.05) is 26.5 Å². The lowest BCUT2D eigenvalue weighted by Crippen LogP contribution is -2.28. The van der Waals surface area contributed by atoms with E-state index < -0.39 is 0 Å². The van der Waals surface area contributed by atoms with Crippen LogP contribution in [0, 0.1) is 0 Å². The number of thioether (sulfide) groups is 1. The summed E-state index contributed by atoms with van der Waals surface area (Å²) in [6, 6.07) is 6.54. The van der Waals surface area contributed by atoms with Gasteiger partial charge in [0.05, 0.1) is 14.2 Å². The Kier molecular flexibility index (Phi) is 5.40. The van der Waals surface area contributed by atoms with Gasteiger partial charge in [-0.3, -0.25) is 0 Å². The third-order valence-corrected chi connectivity index (χ3v) is 4.95. The van der Waals surface area contributed by atoms with E-state index in [1.165, 1.54) is 24.2 Å². The van der Waals surface area contributed by atoms with Crippen molar-refractivity contribution in [2.45, 2.75) is 31.1 Å². The van der Waals surface area contributed by atoms with Crippen LogP contribution in [0.25, 0.3) is 0 Å². The summed E-state index contributed by atoms with van der Waals surface area (Å²) in [5, 5.41) is 4.26. The molecule has 1 aliphatic heterocycles. The van der Waals surface area contributed by atoms with Gasteiger partial charge in [-0.05, 0) is 42.8 Å². The minimum Gasteiger partial charge on any atom is -0.497 e. The largest absolute Gasteiger partial charge is 0.497 e. The maximum Gasteiger partial charge on any atom is 0.122 e. The van der Waals surface area contributed by atoms with Gasteiger partial charge < -0.3 is 14.8 Å². The number of hydrogen-bond donors (Lipinski definition) is 1. The van der Waals surface area contributed by atoms with Crippen LogP contribution in [0.2, 0.25) is 0 Å². The molecule has 1 fully saturated rings. The smallest absolute Gasteiger partial charge is 0.122 e. The van der Waals surface area contributed by atoms with Gasteiger partial charge >= 0.3 is 0 Å². The van der Waals surface area contributed by atoms with E-state index in [-0.39, 0.29) is 0 Å². The highest BCUT2D eigenvalue weighted by Gasteiger charge is 2.27. The van der Waals surface area contributed by atoms with Crippen LogP contribution in [0.3, 0.4) is 0 Å². The third kappa shape index (κ3) is 3.57. The molecule has 0 saturated carbocycles. The average Bonchev–Trinajstić information content (AvgIpc) is 2.97. The van der Waals surface area contributed by atoms with Crippen LogP contribution >= 0.6 is 11.8 Å². The van der Waals surface area contributed by atoms with Gasteiger partial charge in [-0.25, -0.2) is 0 Å². The van der Waals surface area contributed by atoms with E-state index >= 15 is 0 Å². The minimum atomic E-state index is 0.376.